The number of amides is 1. The van der Waals surface area contributed by atoms with Gasteiger partial charge in [0.15, 0.2) is 0 Å². The van der Waals surface area contributed by atoms with Crippen molar-refractivity contribution in [2.24, 2.45) is 5.41 Å². The van der Waals surface area contributed by atoms with Crippen molar-refractivity contribution in [1.29, 1.82) is 0 Å². The zero-order valence-electron chi connectivity index (χ0n) is 16.3. The Balaban J connectivity index is 1.37. The molecule has 4 nitrogen and oxygen atoms in total. The predicted molar refractivity (Wildman–Crippen MR) is 101 cm³/mol. The van der Waals surface area contributed by atoms with E-state index in [2.05, 4.69) is 18.2 Å². The standard InChI is InChI=1S/C22H31NO3/c1-20(2,3)26-19(24)23-14-21(15-23)9-11-22(25,12-10-21)18-8-7-16-5-4-6-17(16)13-18/h7-8,13,25H,4-6,9-12,14-15H2,1-3H3. The summed E-state index contributed by atoms with van der Waals surface area (Å²) in [6.45, 7) is 7.23. The Kier molecular flexibility index (Phi) is 4.11. The van der Waals surface area contributed by atoms with Crippen molar-refractivity contribution in [3.63, 3.8) is 0 Å². The van der Waals surface area contributed by atoms with Crippen molar-refractivity contribution in [2.75, 3.05) is 13.1 Å². The Bertz CT molecular complexity index is 703. The highest BCUT2D eigenvalue weighted by molar-refractivity contribution is 5.69. The Morgan fingerprint density at radius 2 is 1.73 bits per heavy atom. The minimum atomic E-state index is -0.699. The van der Waals surface area contributed by atoms with E-state index in [-0.39, 0.29) is 11.5 Å². The topological polar surface area (TPSA) is 49.8 Å². The molecule has 2 aliphatic carbocycles. The number of fused-ring (bicyclic) bond motifs is 1. The SMILES string of the molecule is CC(C)(C)OC(=O)N1CC2(CCC(O)(c3ccc4c(c3)CCC4)CC2)C1. The molecule has 2 fully saturated rings. The molecule has 1 aromatic rings. The van der Waals surface area contributed by atoms with Crippen LogP contribution < -0.4 is 0 Å². The first-order valence-electron chi connectivity index (χ1n) is 10.0. The van der Waals surface area contributed by atoms with Gasteiger partial charge >= 0.3 is 6.09 Å². The normalized spacial score (nSPS) is 23.5. The Hall–Kier alpha value is -1.55. The van der Waals surface area contributed by atoms with E-state index in [0.29, 0.717) is 0 Å². The van der Waals surface area contributed by atoms with Crippen LogP contribution in [0.4, 0.5) is 4.79 Å². The first kappa shape index (κ1) is 17.8. The van der Waals surface area contributed by atoms with Crippen molar-refractivity contribution in [1.82, 2.24) is 4.90 Å². The lowest BCUT2D eigenvalue weighted by Crippen LogP contribution is -2.61. The maximum Gasteiger partial charge on any atom is 0.410 e. The van der Waals surface area contributed by atoms with Gasteiger partial charge in [0.2, 0.25) is 0 Å². The third-order valence-electron chi connectivity index (χ3n) is 6.48. The summed E-state index contributed by atoms with van der Waals surface area (Å²) in [6.07, 6.45) is 6.87. The van der Waals surface area contributed by atoms with E-state index in [0.717, 1.165) is 50.8 Å². The number of carbonyl (C=O) groups excluding carboxylic acids is 1. The van der Waals surface area contributed by atoms with Gasteiger partial charge in [0.25, 0.3) is 0 Å². The van der Waals surface area contributed by atoms with Gasteiger partial charge in [-0.05, 0) is 82.4 Å². The van der Waals surface area contributed by atoms with Gasteiger partial charge < -0.3 is 14.7 Å². The second-order valence-electron chi connectivity index (χ2n) is 9.71. The molecule has 1 heterocycles. The van der Waals surface area contributed by atoms with Crippen LogP contribution in [0, 0.1) is 5.41 Å². The minimum absolute atomic E-state index is 0.180. The number of ether oxygens (including phenoxy) is 1. The number of aliphatic hydroxyl groups is 1. The molecule has 1 aliphatic heterocycles. The van der Waals surface area contributed by atoms with Crippen molar-refractivity contribution < 1.29 is 14.6 Å². The van der Waals surface area contributed by atoms with Gasteiger partial charge in [-0.2, -0.15) is 0 Å². The van der Waals surface area contributed by atoms with Gasteiger partial charge in [-0.15, -0.1) is 0 Å². The summed E-state index contributed by atoms with van der Waals surface area (Å²) in [4.78, 5) is 14.0. The second kappa shape index (κ2) is 5.98. The van der Waals surface area contributed by atoms with E-state index >= 15 is 0 Å². The van der Waals surface area contributed by atoms with Gasteiger partial charge in [-0.3, -0.25) is 0 Å². The van der Waals surface area contributed by atoms with Crippen LogP contribution in [0.5, 0.6) is 0 Å². The molecule has 1 saturated carbocycles. The molecule has 142 valence electrons. The largest absolute Gasteiger partial charge is 0.444 e. The average Bonchev–Trinajstić information content (AvgIpc) is 2.99. The zero-order valence-corrected chi connectivity index (χ0v) is 16.3. The summed E-state index contributed by atoms with van der Waals surface area (Å²) in [6, 6.07) is 6.59. The second-order valence-corrected chi connectivity index (χ2v) is 9.71. The van der Waals surface area contributed by atoms with E-state index in [9.17, 15) is 9.90 Å². The Morgan fingerprint density at radius 3 is 2.38 bits per heavy atom. The molecule has 3 aliphatic rings. The van der Waals surface area contributed by atoms with E-state index in [1.807, 2.05) is 25.7 Å². The van der Waals surface area contributed by atoms with Gasteiger partial charge in [-0.25, -0.2) is 4.79 Å². The fourth-order valence-electron chi connectivity index (χ4n) is 4.88. The first-order chi connectivity index (χ1) is 12.2. The van der Waals surface area contributed by atoms with Crippen LogP contribution in [0.1, 0.15) is 69.6 Å². The fraction of sp³-hybridized carbons (Fsp3) is 0.682. The summed E-state index contributed by atoms with van der Waals surface area (Å²) in [5.41, 5.74) is 3.01. The summed E-state index contributed by atoms with van der Waals surface area (Å²) < 4.78 is 5.47. The van der Waals surface area contributed by atoms with Crippen LogP contribution in [0.25, 0.3) is 0 Å². The molecule has 1 spiro atoms. The Labute approximate surface area is 156 Å². The number of aryl methyl sites for hydroxylation is 2. The number of benzene rings is 1. The number of hydrogen-bond acceptors (Lipinski definition) is 3. The summed E-state index contributed by atoms with van der Waals surface area (Å²) in [7, 11) is 0. The van der Waals surface area contributed by atoms with Crippen molar-refractivity contribution in [2.45, 2.75) is 76.9 Å². The number of rotatable bonds is 1. The number of carbonyl (C=O) groups is 1. The molecule has 4 rings (SSSR count). The van der Waals surface area contributed by atoms with Gasteiger partial charge in [0.05, 0.1) is 5.60 Å². The molecule has 1 saturated heterocycles. The quantitative estimate of drug-likeness (QED) is 0.820. The highest BCUT2D eigenvalue weighted by Crippen LogP contribution is 2.50. The first-order valence-corrected chi connectivity index (χ1v) is 10.0. The zero-order chi connectivity index (χ0) is 18.6. The van der Waals surface area contributed by atoms with Crippen molar-refractivity contribution in [3.05, 3.63) is 34.9 Å². The van der Waals surface area contributed by atoms with Gasteiger partial charge in [0, 0.05) is 18.5 Å². The maximum atomic E-state index is 12.2. The van der Waals surface area contributed by atoms with E-state index < -0.39 is 11.2 Å². The molecule has 1 N–H and O–H groups in total. The average molecular weight is 357 g/mol. The lowest BCUT2D eigenvalue weighted by atomic mass is 9.63. The molecule has 1 amide bonds. The van der Waals surface area contributed by atoms with Gasteiger partial charge in [-0.1, -0.05) is 18.2 Å². The molecule has 26 heavy (non-hydrogen) atoms. The highest BCUT2D eigenvalue weighted by Gasteiger charge is 2.51. The van der Waals surface area contributed by atoms with Crippen LogP contribution in [0.3, 0.4) is 0 Å². The van der Waals surface area contributed by atoms with Crippen molar-refractivity contribution in [3.8, 4) is 0 Å². The molecule has 0 unspecified atom stereocenters. The fourth-order valence-corrected chi connectivity index (χ4v) is 4.88. The molecule has 4 heteroatoms. The number of likely N-dealkylation sites (tertiary alicyclic amines) is 1. The molecule has 0 radical (unpaired) electrons. The van der Waals surface area contributed by atoms with Gasteiger partial charge in [0.1, 0.15) is 5.60 Å². The van der Waals surface area contributed by atoms with E-state index in [1.54, 1.807) is 0 Å². The monoisotopic (exact) mass is 357 g/mol. The smallest absolute Gasteiger partial charge is 0.410 e. The number of hydrogen-bond donors (Lipinski definition) is 1. The maximum absolute atomic E-state index is 12.2. The van der Waals surface area contributed by atoms with Crippen molar-refractivity contribution >= 4 is 6.09 Å². The van der Waals surface area contributed by atoms with Crippen LogP contribution in [0.15, 0.2) is 18.2 Å². The third-order valence-corrected chi connectivity index (χ3v) is 6.48. The molecule has 0 atom stereocenters. The molecular weight excluding hydrogens is 326 g/mol. The van der Waals surface area contributed by atoms with Crippen LogP contribution in [-0.2, 0) is 23.2 Å². The number of nitrogens with zero attached hydrogens (tertiary/aromatic N) is 1. The van der Waals surface area contributed by atoms with Crippen LogP contribution in [-0.4, -0.2) is 34.8 Å². The summed E-state index contributed by atoms with van der Waals surface area (Å²) in [5.74, 6) is 0. The molecule has 1 aromatic carbocycles. The molecule has 0 bridgehead atoms. The molecular formula is C22H31NO3. The lowest BCUT2D eigenvalue weighted by Gasteiger charge is -2.54. The summed E-state index contributed by atoms with van der Waals surface area (Å²) in [5, 5.41) is 11.2. The van der Waals surface area contributed by atoms with E-state index in [4.69, 9.17) is 4.74 Å². The van der Waals surface area contributed by atoms with E-state index in [1.165, 1.54) is 24.0 Å². The lowest BCUT2D eigenvalue weighted by molar-refractivity contribution is -0.0963. The highest BCUT2D eigenvalue weighted by atomic mass is 16.6. The Morgan fingerprint density at radius 1 is 1.08 bits per heavy atom. The molecule has 0 aromatic heterocycles. The minimum Gasteiger partial charge on any atom is -0.444 e. The third kappa shape index (κ3) is 3.24. The predicted octanol–water partition coefficient (Wildman–Crippen LogP) is 4.17. The van der Waals surface area contributed by atoms with Crippen LogP contribution in [0.2, 0.25) is 0 Å². The summed E-state index contributed by atoms with van der Waals surface area (Å²) >= 11 is 0. The van der Waals surface area contributed by atoms with Crippen LogP contribution >= 0.6 is 0 Å².